The molecule has 2 aromatic carbocycles. The highest BCUT2D eigenvalue weighted by atomic mass is 16.6. The Kier molecular flexibility index (Phi) is 6.67. The van der Waals surface area contributed by atoms with Gasteiger partial charge in [-0.25, -0.2) is 9.59 Å². The Hall–Kier alpha value is -4.01. The van der Waals surface area contributed by atoms with Gasteiger partial charge in [-0.05, 0) is 29.8 Å². The van der Waals surface area contributed by atoms with Crippen LogP contribution in [0, 0.1) is 15.5 Å². The molecule has 9 nitrogen and oxygen atoms in total. The third-order valence-corrected chi connectivity index (χ3v) is 4.96. The van der Waals surface area contributed by atoms with Crippen molar-refractivity contribution in [3.8, 4) is 0 Å². The van der Waals surface area contributed by atoms with Crippen LogP contribution in [0.1, 0.15) is 29.8 Å². The molecule has 0 bridgehead atoms. The van der Waals surface area contributed by atoms with Gasteiger partial charge < -0.3 is 14.4 Å². The number of anilines is 1. The molecule has 1 heterocycles. The normalized spacial score (nSPS) is 17.4. The number of carbonyl (C=O) groups is 3. The SMILES string of the molecule is CC1(C)CN(c2ccc(C(=O)OCc3ccccc3)cc2)C(=O)[C@@H]1OC(=O)/C=C/[N+](=O)[O-]. The standard InChI is InChI=1S/C23H22N2O7/c1-23(2)15-24(21(27)20(23)32-19(26)12-13-25(29)30)18-10-8-17(9-11-18)22(28)31-14-16-6-4-3-5-7-16/h3-13,20H,14-15H2,1-2H3/b13-12+/t20-/m0/s1. The van der Waals surface area contributed by atoms with E-state index in [1.165, 1.54) is 4.90 Å². The Balaban J connectivity index is 1.66. The molecule has 1 fully saturated rings. The quantitative estimate of drug-likeness (QED) is 0.282. The van der Waals surface area contributed by atoms with Crippen molar-refractivity contribution in [2.24, 2.45) is 5.41 Å². The molecule has 1 saturated heterocycles. The van der Waals surface area contributed by atoms with E-state index in [-0.39, 0.29) is 13.2 Å². The maximum atomic E-state index is 12.9. The van der Waals surface area contributed by atoms with Gasteiger partial charge in [-0.2, -0.15) is 0 Å². The molecule has 0 spiro atoms. The number of amides is 1. The minimum atomic E-state index is -1.10. The van der Waals surface area contributed by atoms with E-state index in [1.54, 1.807) is 38.1 Å². The predicted molar refractivity (Wildman–Crippen MR) is 114 cm³/mol. The van der Waals surface area contributed by atoms with Crippen LogP contribution in [0.2, 0.25) is 0 Å². The Morgan fingerprint density at radius 2 is 1.81 bits per heavy atom. The summed E-state index contributed by atoms with van der Waals surface area (Å²) in [4.78, 5) is 48.0. The molecule has 0 aromatic heterocycles. The topological polar surface area (TPSA) is 116 Å². The molecule has 166 valence electrons. The van der Waals surface area contributed by atoms with Crippen LogP contribution in [0.25, 0.3) is 0 Å². The number of hydrogen-bond acceptors (Lipinski definition) is 7. The van der Waals surface area contributed by atoms with Gasteiger partial charge in [0, 0.05) is 17.6 Å². The molecule has 0 N–H and O–H groups in total. The fourth-order valence-electron chi connectivity index (χ4n) is 3.33. The number of hydrogen-bond donors (Lipinski definition) is 0. The lowest BCUT2D eigenvalue weighted by Crippen LogP contribution is -2.35. The molecular formula is C23H22N2O7. The summed E-state index contributed by atoms with van der Waals surface area (Å²) in [7, 11) is 0. The first-order valence-corrected chi connectivity index (χ1v) is 9.82. The zero-order valence-electron chi connectivity index (χ0n) is 17.6. The average molecular weight is 438 g/mol. The maximum Gasteiger partial charge on any atom is 0.338 e. The minimum Gasteiger partial charge on any atom is -0.457 e. The van der Waals surface area contributed by atoms with Crippen molar-refractivity contribution in [1.29, 1.82) is 0 Å². The zero-order chi connectivity index (χ0) is 23.3. The van der Waals surface area contributed by atoms with Gasteiger partial charge >= 0.3 is 11.9 Å². The summed E-state index contributed by atoms with van der Waals surface area (Å²) in [5.41, 5.74) is 1.02. The molecule has 1 amide bonds. The zero-order valence-corrected chi connectivity index (χ0v) is 17.6. The van der Waals surface area contributed by atoms with Crippen LogP contribution in [0.15, 0.2) is 66.9 Å². The van der Waals surface area contributed by atoms with Crippen LogP contribution in [0.5, 0.6) is 0 Å². The summed E-state index contributed by atoms with van der Waals surface area (Å²) in [6.45, 7) is 3.93. The largest absolute Gasteiger partial charge is 0.457 e. The Morgan fingerprint density at radius 1 is 1.16 bits per heavy atom. The second-order valence-corrected chi connectivity index (χ2v) is 7.94. The lowest BCUT2D eigenvalue weighted by atomic mass is 9.89. The molecular weight excluding hydrogens is 416 g/mol. The first-order valence-electron chi connectivity index (χ1n) is 9.82. The van der Waals surface area contributed by atoms with E-state index in [0.29, 0.717) is 23.5 Å². The van der Waals surface area contributed by atoms with Crippen LogP contribution in [-0.2, 0) is 25.7 Å². The second kappa shape index (κ2) is 9.42. The monoisotopic (exact) mass is 438 g/mol. The fourth-order valence-corrected chi connectivity index (χ4v) is 3.33. The van der Waals surface area contributed by atoms with E-state index in [1.807, 2.05) is 30.3 Å². The van der Waals surface area contributed by atoms with Gasteiger partial charge in [0.15, 0.2) is 6.10 Å². The number of benzene rings is 2. The molecule has 1 aliphatic heterocycles. The predicted octanol–water partition coefficient (Wildman–Crippen LogP) is 3.12. The van der Waals surface area contributed by atoms with Gasteiger partial charge in [-0.3, -0.25) is 14.9 Å². The van der Waals surface area contributed by atoms with Crippen molar-refractivity contribution in [2.75, 3.05) is 11.4 Å². The van der Waals surface area contributed by atoms with Crippen molar-refractivity contribution in [2.45, 2.75) is 26.6 Å². The number of nitro groups is 1. The van der Waals surface area contributed by atoms with Crippen LogP contribution >= 0.6 is 0 Å². The van der Waals surface area contributed by atoms with Crippen molar-refractivity contribution in [3.63, 3.8) is 0 Å². The van der Waals surface area contributed by atoms with Gasteiger partial charge in [-0.1, -0.05) is 44.2 Å². The van der Waals surface area contributed by atoms with E-state index in [2.05, 4.69) is 0 Å². The Morgan fingerprint density at radius 3 is 2.44 bits per heavy atom. The highest BCUT2D eigenvalue weighted by Crippen LogP contribution is 2.36. The van der Waals surface area contributed by atoms with E-state index < -0.39 is 34.3 Å². The fraction of sp³-hybridized carbons (Fsp3) is 0.261. The molecule has 0 unspecified atom stereocenters. The Bertz CT molecular complexity index is 1050. The molecule has 32 heavy (non-hydrogen) atoms. The van der Waals surface area contributed by atoms with Crippen molar-refractivity contribution >= 4 is 23.5 Å². The summed E-state index contributed by atoms with van der Waals surface area (Å²) in [6, 6.07) is 15.6. The number of esters is 2. The number of rotatable bonds is 7. The molecule has 3 rings (SSSR count). The first-order chi connectivity index (χ1) is 15.2. The summed E-state index contributed by atoms with van der Waals surface area (Å²) >= 11 is 0. The number of carbonyl (C=O) groups excluding carboxylic acids is 3. The highest BCUT2D eigenvalue weighted by molar-refractivity contribution is 6.01. The Labute approximate surface area is 184 Å². The van der Waals surface area contributed by atoms with Crippen LogP contribution in [0.3, 0.4) is 0 Å². The second-order valence-electron chi connectivity index (χ2n) is 7.94. The lowest BCUT2D eigenvalue weighted by molar-refractivity contribution is -0.402. The first kappa shape index (κ1) is 22.7. The van der Waals surface area contributed by atoms with Crippen molar-refractivity contribution < 1.29 is 28.8 Å². The number of ether oxygens (including phenoxy) is 2. The van der Waals surface area contributed by atoms with Crippen molar-refractivity contribution in [3.05, 3.63) is 88.1 Å². The minimum absolute atomic E-state index is 0.151. The van der Waals surface area contributed by atoms with Gasteiger partial charge in [-0.15, -0.1) is 0 Å². The van der Waals surface area contributed by atoms with Gasteiger partial charge in [0.25, 0.3) is 5.91 Å². The molecule has 2 aromatic rings. The van der Waals surface area contributed by atoms with E-state index >= 15 is 0 Å². The van der Waals surface area contributed by atoms with Gasteiger partial charge in [0.1, 0.15) is 6.61 Å². The molecule has 0 radical (unpaired) electrons. The molecule has 0 saturated carbocycles. The van der Waals surface area contributed by atoms with Gasteiger partial charge in [0.2, 0.25) is 6.20 Å². The third-order valence-electron chi connectivity index (χ3n) is 4.96. The summed E-state index contributed by atoms with van der Waals surface area (Å²) in [6.07, 6.45) is 0.0335. The molecule has 1 atom stereocenters. The third kappa shape index (κ3) is 5.37. The summed E-state index contributed by atoms with van der Waals surface area (Å²) in [5, 5.41) is 10.4. The van der Waals surface area contributed by atoms with E-state index in [9.17, 15) is 24.5 Å². The van der Waals surface area contributed by atoms with E-state index in [4.69, 9.17) is 9.47 Å². The van der Waals surface area contributed by atoms with E-state index in [0.717, 1.165) is 5.56 Å². The smallest absolute Gasteiger partial charge is 0.338 e. The summed E-state index contributed by atoms with van der Waals surface area (Å²) in [5.74, 6) is -1.90. The summed E-state index contributed by atoms with van der Waals surface area (Å²) < 4.78 is 10.5. The van der Waals surface area contributed by atoms with Crippen molar-refractivity contribution in [1.82, 2.24) is 0 Å². The highest BCUT2D eigenvalue weighted by Gasteiger charge is 2.49. The average Bonchev–Trinajstić information content (AvgIpc) is 3.00. The maximum absolute atomic E-state index is 12.9. The molecule has 1 aliphatic rings. The van der Waals surface area contributed by atoms with Crippen LogP contribution in [-0.4, -0.2) is 35.4 Å². The molecule has 0 aliphatic carbocycles. The molecule has 9 heteroatoms. The van der Waals surface area contributed by atoms with Crippen LogP contribution < -0.4 is 4.90 Å². The number of nitrogens with zero attached hydrogens (tertiary/aromatic N) is 2. The van der Waals surface area contributed by atoms with Crippen LogP contribution in [0.4, 0.5) is 5.69 Å². The lowest BCUT2D eigenvalue weighted by Gasteiger charge is -2.22. The van der Waals surface area contributed by atoms with Gasteiger partial charge in [0.05, 0.1) is 16.6 Å².